The van der Waals surface area contributed by atoms with Crippen LogP contribution in [0.25, 0.3) is 11.3 Å². The second-order valence-corrected chi connectivity index (χ2v) is 8.60. The van der Waals surface area contributed by atoms with Crippen LogP contribution in [0.1, 0.15) is 5.01 Å². The highest BCUT2D eigenvalue weighted by Crippen LogP contribution is 2.26. The van der Waals surface area contributed by atoms with E-state index in [1.165, 1.54) is 34.8 Å². The number of sulfonamides is 1. The first kappa shape index (κ1) is 18.3. The quantitative estimate of drug-likeness (QED) is 0.638. The van der Waals surface area contributed by atoms with Crippen LogP contribution >= 0.6 is 11.3 Å². The van der Waals surface area contributed by atoms with Crippen molar-refractivity contribution in [2.45, 2.75) is 6.61 Å². The fraction of sp³-hybridized carbons (Fsp3) is 0.167. The summed E-state index contributed by atoms with van der Waals surface area (Å²) in [5, 5.41) is 2.71. The molecule has 0 fully saturated rings. The van der Waals surface area contributed by atoms with Crippen molar-refractivity contribution in [1.29, 1.82) is 0 Å². The molecule has 26 heavy (non-hydrogen) atoms. The fourth-order valence-corrected chi connectivity index (χ4v) is 3.44. The maximum absolute atomic E-state index is 12.9. The van der Waals surface area contributed by atoms with Crippen LogP contribution in [0.3, 0.4) is 0 Å². The second kappa shape index (κ2) is 7.43. The monoisotopic (exact) mass is 392 g/mol. The zero-order chi connectivity index (χ0) is 18.7. The summed E-state index contributed by atoms with van der Waals surface area (Å²) in [6, 6.07) is 13.0. The number of rotatable bonds is 6. The Bertz CT molecular complexity index is 984. The van der Waals surface area contributed by atoms with Crippen molar-refractivity contribution in [3.05, 3.63) is 64.7 Å². The number of thiazole rings is 1. The van der Waals surface area contributed by atoms with E-state index < -0.39 is 10.0 Å². The third kappa shape index (κ3) is 4.39. The summed E-state index contributed by atoms with van der Waals surface area (Å²) in [5.41, 5.74) is 2.27. The van der Waals surface area contributed by atoms with Gasteiger partial charge >= 0.3 is 0 Å². The molecule has 0 saturated carbocycles. The Balaban J connectivity index is 1.68. The van der Waals surface area contributed by atoms with Gasteiger partial charge in [-0.2, -0.15) is 0 Å². The molecular formula is C18H17FN2O3S2. The van der Waals surface area contributed by atoms with Crippen molar-refractivity contribution >= 4 is 27.0 Å². The Morgan fingerprint density at radius 2 is 1.77 bits per heavy atom. The lowest BCUT2D eigenvalue weighted by Crippen LogP contribution is -2.24. The Labute approximate surface area is 155 Å². The summed E-state index contributed by atoms with van der Waals surface area (Å²) in [4.78, 5) is 4.52. The first-order valence-electron chi connectivity index (χ1n) is 7.70. The third-order valence-electron chi connectivity index (χ3n) is 3.75. The van der Waals surface area contributed by atoms with Crippen molar-refractivity contribution in [3.63, 3.8) is 0 Å². The molecule has 2 aromatic carbocycles. The zero-order valence-corrected chi connectivity index (χ0v) is 15.8. The molecule has 3 rings (SSSR count). The number of ether oxygens (including phenoxy) is 1. The molecular weight excluding hydrogens is 375 g/mol. The number of hydrogen-bond donors (Lipinski definition) is 0. The maximum Gasteiger partial charge on any atom is 0.231 e. The van der Waals surface area contributed by atoms with E-state index in [0.29, 0.717) is 18.0 Å². The molecule has 8 heteroatoms. The highest BCUT2D eigenvalue weighted by Gasteiger charge is 2.12. The normalized spacial score (nSPS) is 11.3. The fourth-order valence-electron chi connectivity index (χ4n) is 2.22. The number of nitrogens with zero attached hydrogens (tertiary/aromatic N) is 2. The van der Waals surface area contributed by atoms with E-state index in [0.717, 1.165) is 22.5 Å². The molecule has 0 spiro atoms. The van der Waals surface area contributed by atoms with Gasteiger partial charge in [0.25, 0.3) is 0 Å². The molecule has 0 aliphatic heterocycles. The molecule has 0 aliphatic carbocycles. The maximum atomic E-state index is 12.9. The lowest BCUT2D eigenvalue weighted by atomic mass is 10.1. The molecule has 0 aliphatic rings. The molecule has 0 bridgehead atoms. The summed E-state index contributed by atoms with van der Waals surface area (Å²) < 4.78 is 42.9. The van der Waals surface area contributed by atoms with Crippen molar-refractivity contribution in [1.82, 2.24) is 4.98 Å². The molecule has 0 N–H and O–H groups in total. The van der Waals surface area contributed by atoms with Crippen LogP contribution in [0.5, 0.6) is 5.75 Å². The summed E-state index contributed by atoms with van der Waals surface area (Å²) in [6.07, 6.45) is 1.16. The van der Waals surface area contributed by atoms with Crippen molar-refractivity contribution in [2.24, 2.45) is 0 Å². The molecule has 1 aromatic heterocycles. The second-order valence-electron chi connectivity index (χ2n) is 5.65. The number of anilines is 1. The standard InChI is InChI=1S/C18H17FN2O3S2/c1-21(26(2,22)23)15-7-3-13(4-8-15)17-12-25-18(20-17)11-24-16-9-5-14(19)6-10-16/h3-10,12H,11H2,1-2H3. The highest BCUT2D eigenvalue weighted by molar-refractivity contribution is 7.92. The molecule has 5 nitrogen and oxygen atoms in total. The Kier molecular flexibility index (Phi) is 5.24. The molecule has 3 aromatic rings. The van der Waals surface area contributed by atoms with E-state index in [1.807, 2.05) is 17.5 Å². The predicted molar refractivity (Wildman–Crippen MR) is 102 cm³/mol. The topological polar surface area (TPSA) is 59.5 Å². The lowest BCUT2D eigenvalue weighted by molar-refractivity contribution is 0.305. The van der Waals surface area contributed by atoms with Gasteiger partial charge in [-0.05, 0) is 36.4 Å². The highest BCUT2D eigenvalue weighted by atomic mass is 32.2. The van der Waals surface area contributed by atoms with Crippen molar-refractivity contribution in [2.75, 3.05) is 17.6 Å². The van der Waals surface area contributed by atoms with E-state index >= 15 is 0 Å². The Hall–Kier alpha value is -2.45. The van der Waals surface area contributed by atoms with Gasteiger partial charge in [0.15, 0.2) is 0 Å². The largest absolute Gasteiger partial charge is 0.486 e. The van der Waals surface area contributed by atoms with Crippen LogP contribution in [0.15, 0.2) is 53.9 Å². The molecule has 136 valence electrons. The predicted octanol–water partition coefficient (Wildman–Crippen LogP) is 3.92. The molecule has 1 heterocycles. The molecule has 0 radical (unpaired) electrons. The van der Waals surface area contributed by atoms with Gasteiger partial charge in [0.05, 0.1) is 17.6 Å². The van der Waals surface area contributed by atoms with Crippen LogP contribution in [0, 0.1) is 5.82 Å². The summed E-state index contributed by atoms with van der Waals surface area (Å²) in [7, 11) is -1.77. The lowest BCUT2D eigenvalue weighted by Gasteiger charge is -2.16. The summed E-state index contributed by atoms with van der Waals surface area (Å²) in [6.45, 7) is 0.297. The van der Waals surface area contributed by atoms with Gasteiger partial charge in [-0.1, -0.05) is 12.1 Å². The van der Waals surface area contributed by atoms with Crippen molar-refractivity contribution < 1.29 is 17.5 Å². The first-order chi connectivity index (χ1) is 12.3. The first-order valence-corrected chi connectivity index (χ1v) is 10.4. The zero-order valence-electron chi connectivity index (χ0n) is 14.2. The molecule has 0 saturated heterocycles. The van der Waals surface area contributed by atoms with Gasteiger partial charge < -0.3 is 4.74 Å². The average Bonchev–Trinajstić information content (AvgIpc) is 3.09. The average molecular weight is 392 g/mol. The van der Waals surface area contributed by atoms with Crippen LogP contribution in [0.4, 0.5) is 10.1 Å². The van der Waals surface area contributed by atoms with E-state index in [-0.39, 0.29) is 5.82 Å². The van der Waals surface area contributed by atoms with Gasteiger partial charge in [0.1, 0.15) is 23.2 Å². The van der Waals surface area contributed by atoms with Crippen LogP contribution < -0.4 is 9.04 Å². The summed E-state index contributed by atoms with van der Waals surface area (Å²) in [5.74, 6) is 0.273. The number of hydrogen-bond acceptors (Lipinski definition) is 5. The number of benzene rings is 2. The Morgan fingerprint density at radius 3 is 2.38 bits per heavy atom. The minimum atomic E-state index is -3.29. The van der Waals surface area contributed by atoms with Crippen LogP contribution in [-0.2, 0) is 16.6 Å². The van der Waals surface area contributed by atoms with Gasteiger partial charge in [0, 0.05) is 18.0 Å². The molecule has 0 atom stereocenters. The minimum absolute atomic E-state index is 0.297. The SMILES string of the molecule is CN(c1ccc(-c2csc(COc3ccc(F)cc3)n2)cc1)S(C)(=O)=O. The van der Waals surface area contributed by atoms with Gasteiger partial charge in [0.2, 0.25) is 10.0 Å². The molecule has 0 unspecified atom stereocenters. The smallest absolute Gasteiger partial charge is 0.231 e. The molecule has 0 amide bonds. The van der Waals surface area contributed by atoms with Crippen molar-refractivity contribution in [3.8, 4) is 17.0 Å². The van der Waals surface area contributed by atoms with Crippen LogP contribution in [-0.4, -0.2) is 26.7 Å². The van der Waals surface area contributed by atoms with E-state index in [1.54, 1.807) is 24.3 Å². The Morgan fingerprint density at radius 1 is 1.12 bits per heavy atom. The summed E-state index contributed by atoms with van der Waals surface area (Å²) >= 11 is 1.47. The van der Waals surface area contributed by atoms with Gasteiger partial charge in [-0.25, -0.2) is 17.8 Å². The number of aromatic nitrogens is 1. The van der Waals surface area contributed by atoms with E-state index in [2.05, 4.69) is 4.98 Å². The third-order valence-corrected chi connectivity index (χ3v) is 5.78. The van der Waals surface area contributed by atoms with E-state index in [9.17, 15) is 12.8 Å². The van der Waals surface area contributed by atoms with Gasteiger partial charge in [-0.15, -0.1) is 11.3 Å². The van der Waals surface area contributed by atoms with E-state index in [4.69, 9.17) is 4.74 Å². The van der Waals surface area contributed by atoms with Crippen LogP contribution in [0.2, 0.25) is 0 Å². The van der Waals surface area contributed by atoms with Gasteiger partial charge in [-0.3, -0.25) is 4.31 Å². The minimum Gasteiger partial charge on any atom is -0.486 e. The number of halogens is 1.